The largest absolute Gasteiger partial charge is 0.350 e. The number of hydrogen-bond acceptors (Lipinski definition) is 3. The number of carbonyl (C=O) groups excluding carboxylic acids is 1. The third kappa shape index (κ3) is 4.57. The highest BCUT2D eigenvalue weighted by molar-refractivity contribution is 5.94. The van der Waals surface area contributed by atoms with E-state index in [9.17, 15) is 9.59 Å². The van der Waals surface area contributed by atoms with Crippen LogP contribution < -0.4 is 10.9 Å². The Morgan fingerprint density at radius 1 is 1.16 bits per heavy atom. The van der Waals surface area contributed by atoms with Crippen molar-refractivity contribution in [3.63, 3.8) is 0 Å². The molecule has 1 aliphatic heterocycles. The molecule has 0 spiro atoms. The number of pyridine rings is 1. The molecule has 2 heterocycles. The van der Waals surface area contributed by atoms with Crippen molar-refractivity contribution in [2.24, 2.45) is 0 Å². The Hall–Kier alpha value is -2.40. The standard InChI is InChI=1S/C20H25N3O2/c1-15-12-17(13-19(24)22-15)20(25)21-14-18(16-8-4-2-5-9-16)23-10-6-3-7-11-23/h2,4-5,8-9,12-13,18H,3,6-7,10-11,14H2,1H3,(H,21,25)(H,22,24)/t18-/m1/s1. The van der Waals surface area contributed by atoms with Gasteiger partial charge in [-0.15, -0.1) is 0 Å². The zero-order chi connectivity index (χ0) is 17.6. The van der Waals surface area contributed by atoms with E-state index in [1.165, 1.54) is 30.9 Å². The molecule has 132 valence electrons. The molecular formula is C20H25N3O2. The highest BCUT2D eigenvalue weighted by Crippen LogP contribution is 2.24. The quantitative estimate of drug-likeness (QED) is 0.880. The average Bonchev–Trinajstić information content (AvgIpc) is 2.63. The maximum atomic E-state index is 12.5. The molecule has 0 unspecified atom stereocenters. The predicted molar refractivity (Wildman–Crippen MR) is 98.7 cm³/mol. The molecule has 1 atom stereocenters. The van der Waals surface area contributed by atoms with Crippen molar-refractivity contribution in [2.45, 2.75) is 32.2 Å². The number of nitrogens with one attached hydrogen (secondary N) is 2. The Kier molecular flexibility index (Phi) is 5.66. The number of nitrogens with zero attached hydrogens (tertiary/aromatic N) is 1. The number of hydrogen-bond donors (Lipinski definition) is 2. The van der Waals surface area contributed by atoms with Crippen molar-refractivity contribution < 1.29 is 4.79 Å². The zero-order valence-corrected chi connectivity index (χ0v) is 14.6. The maximum absolute atomic E-state index is 12.5. The number of amides is 1. The Morgan fingerprint density at radius 3 is 2.56 bits per heavy atom. The molecule has 3 rings (SSSR count). The van der Waals surface area contributed by atoms with Crippen LogP contribution in [0.4, 0.5) is 0 Å². The van der Waals surface area contributed by atoms with Crippen molar-refractivity contribution >= 4 is 5.91 Å². The van der Waals surface area contributed by atoms with E-state index in [4.69, 9.17) is 0 Å². The number of aromatic nitrogens is 1. The van der Waals surface area contributed by atoms with Crippen molar-refractivity contribution in [3.05, 3.63) is 69.6 Å². The lowest BCUT2D eigenvalue weighted by molar-refractivity contribution is 0.0924. The van der Waals surface area contributed by atoms with Gasteiger partial charge in [0.1, 0.15) is 0 Å². The first kappa shape index (κ1) is 17.4. The Labute approximate surface area is 148 Å². The molecule has 25 heavy (non-hydrogen) atoms. The second kappa shape index (κ2) is 8.12. The van der Waals surface area contributed by atoms with Crippen LogP contribution in [0.1, 0.15) is 46.9 Å². The zero-order valence-electron chi connectivity index (χ0n) is 14.6. The average molecular weight is 339 g/mol. The second-order valence-electron chi connectivity index (χ2n) is 6.65. The topological polar surface area (TPSA) is 65.2 Å². The van der Waals surface area contributed by atoms with Gasteiger partial charge in [0, 0.05) is 23.9 Å². The van der Waals surface area contributed by atoms with Crippen LogP contribution in [-0.2, 0) is 0 Å². The van der Waals surface area contributed by atoms with Gasteiger partial charge < -0.3 is 10.3 Å². The van der Waals surface area contributed by atoms with E-state index in [0.29, 0.717) is 17.8 Å². The Balaban J connectivity index is 1.73. The number of rotatable bonds is 5. The lowest BCUT2D eigenvalue weighted by Gasteiger charge is -2.35. The summed E-state index contributed by atoms with van der Waals surface area (Å²) >= 11 is 0. The summed E-state index contributed by atoms with van der Waals surface area (Å²) in [6.07, 6.45) is 3.67. The highest BCUT2D eigenvalue weighted by Gasteiger charge is 2.23. The SMILES string of the molecule is Cc1cc(C(=O)NC[C@H](c2ccccc2)N2CCCCC2)cc(=O)[nH]1. The number of aryl methyl sites for hydroxylation is 1. The molecule has 2 aromatic rings. The number of piperidine rings is 1. The monoisotopic (exact) mass is 339 g/mol. The van der Waals surface area contributed by atoms with Gasteiger partial charge in [-0.05, 0) is 44.5 Å². The number of aromatic amines is 1. The van der Waals surface area contributed by atoms with Gasteiger partial charge in [0.15, 0.2) is 0 Å². The summed E-state index contributed by atoms with van der Waals surface area (Å²) in [5, 5.41) is 3.02. The molecule has 1 fully saturated rings. The van der Waals surface area contributed by atoms with Gasteiger partial charge in [0.25, 0.3) is 5.91 Å². The smallest absolute Gasteiger partial charge is 0.251 e. The summed E-state index contributed by atoms with van der Waals surface area (Å²) in [5.74, 6) is -0.202. The predicted octanol–water partition coefficient (Wildman–Crippen LogP) is 2.64. The van der Waals surface area contributed by atoms with E-state index in [0.717, 1.165) is 13.1 Å². The van der Waals surface area contributed by atoms with Crippen LogP contribution in [0.5, 0.6) is 0 Å². The lowest BCUT2D eigenvalue weighted by Crippen LogP contribution is -2.40. The lowest BCUT2D eigenvalue weighted by atomic mass is 10.0. The van der Waals surface area contributed by atoms with Gasteiger partial charge in [-0.3, -0.25) is 14.5 Å². The Morgan fingerprint density at radius 2 is 1.88 bits per heavy atom. The number of benzene rings is 1. The summed E-state index contributed by atoms with van der Waals surface area (Å²) < 4.78 is 0. The molecule has 5 heteroatoms. The minimum Gasteiger partial charge on any atom is -0.350 e. The summed E-state index contributed by atoms with van der Waals surface area (Å²) in [5.41, 5.74) is 2.06. The first-order valence-corrected chi connectivity index (χ1v) is 8.91. The van der Waals surface area contributed by atoms with Gasteiger partial charge in [-0.25, -0.2) is 0 Å². The van der Waals surface area contributed by atoms with Crippen LogP contribution in [0, 0.1) is 6.92 Å². The van der Waals surface area contributed by atoms with E-state index in [-0.39, 0.29) is 17.5 Å². The minimum atomic E-state index is -0.249. The summed E-state index contributed by atoms with van der Waals surface area (Å²) in [4.78, 5) is 29.2. The molecule has 1 amide bonds. The van der Waals surface area contributed by atoms with Crippen LogP contribution in [0.15, 0.2) is 47.3 Å². The molecule has 0 saturated carbocycles. The van der Waals surface area contributed by atoms with Crippen molar-refractivity contribution in [1.29, 1.82) is 0 Å². The van der Waals surface area contributed by atoms with E-state index in [2.05, 4.69) is 27.3 Å². The molecule has 1 saturated heterocycles. The molecule has 1 aromatic carbocycles. The van der Waals surface area contributed by atoms with Gasteiger partial charge in [-0.1, -0.05) is 36.8 Å². The molecule has 5 nitrogen and oxygen atoms in total. The van der Waals surface area contributed by atoms with E-state index in [1.54, 1.807) is 13.0 Å². The number of likely N-dealkylation sites (tertiary alicyclic amines) is 1. The van der Waals surface area contributed by atoms with Crippen LogP contribution >= 0.6 is 0 Å². The number of H-pyrrole nitrogens is 1. The van der Waals surface area contributed by atoms with Crippen LogP contribution in [-0.4, -0.2) is 35.4 Å². The van der Waals surface area contributed by atoms with E-state index < -0.39 is 0 Å². The fourth-order valence-electron chi connectivity index (χ4n) is 3.47. The van der Waals surface area contributed by atoms with Crippen LogP contribution in [0.3, 0.4) is 0 Å². The molecule has 0 radical (unpaired) electrons. The van der Waals surface area contributed by atoms with Gasteiger partial charge in [-0.2, -0.15) is 0 Å². The Bertz CT molecular complexity index is 764. The minimum absolute atomic E-state index is 0.161. The third-order valence-electron chi connectivity index (χ3n) is 4.71. The molecule has 1 aromatic heterocycles. The highest BCUT2D eigenvalue weighted by atomic mass is 16.2. The van der Waals surface area contributed by atoms with E-state index in [1.807, 2.05) is 18.2 Å². The molecular weight excluding hydrogens is 314 g/mol. The normalized spacial score (nSPS) is 16.4. The van der Waals surface area contributed by atoms with Crippen LogP contribution in [0.2, 0.25) is 0 Å². The molecule has 1 aliphatic rings. The van der Waals surface area contributed by atoms with Crippen LogP contribution in [0.25, 0.3) is 0 Å². The van der Waals surface area contributed by atoms with Crippen molar-refractivity contribution in [1.82, 2.24) is 15.2 Å². The first-order valence-electron chi connectivity index (χ1n) is 8.91. The maximum Gasteiger partial charge on any atom is 0.251 e. The fourth-order valence-corrected chi connectivity index (χ4v) is 3.47. The fraction of sp³-hybridized carbons (Fsp3) is 0.400. The molecule has 0 bridgehead atoms. The van der Waals surface area contributed by atoms with E-state index >= 15 is 0 Å². The molecule has 0 aliphatic carbocycles. The summed E-state index contributed by atoms with van der Waals surface area (Å²) in [6, 6.07) is 13.5. The van der Waals surface area contributed by atoms with Crippen molar-refractivity contribution in [3.8, 4) is 0 Å². The van der Waals surface area contributed by atoms with Crippen molar-refractivity contribution in [2.75, 3.05) is 19.6 Å². The third-order valence-corrected chi connectivity index (χ3v) is 4.71. The summed E-state index contributed by atoms with van der Waals surface area (Å²) in [6.45, 7) is 4.42. The number of carbonyl (C=O) groups is 1. The van der Waals surface area contributed by atoms with Gasteiger partial charge in [0.2, 0.25) is 5.56 Å². The molecule has 2 N–H and O–H groups in total. The van der Waals surface area contributed by atoms with Gasteiger partial charge in [0.05, 0.1) is 6.04 Å². The second-order valence-corrected chi connectivity index (χ2v) is 6.65. The van der Waals surface area contributed by atoms with Gasteiger partial charge >= 0.3 is 0 Å². The first-order chi connectivity index (χ1) is 12.1. The summed E-state index contributed by atoms with van der Waals surface area (Å²) in [7, 11) is 0.